The normalized spacial score (nSPS) is 18.9. The van der Waals surface area contributed by atoms with Gasteiger partial charge in [-0.1, -0.05) is 26.0 Å². The molecule has 0 bridgehead atoms. The van der Waals surface area contributed by atoms with Crippen molar-refractivity contribution in [1.29, 1.82) is 0 Å². The summed E-state index contributed by atoms with van der Waals surface area (Å²) in [5.41, 5.74) is 6.86. The molecule has 324 valence electrons. The number of aliphatic hydroxyl groups is 1. The van der Waals surface area contributed by atoms with E-state index < -0.39 is 42.2 Å². The zero-order valence-electron chi connectivity index (χ0n) is 35.0. The van der Waals surface area contributed by atoms with Crippen LogP contribution in [0.15, 0.2) is 47.6 Å². The van der Waals surface area contributed by atoms with Crippen molar-refractivity contribution in [3.05, 3.63) is 92.9 Å². The number of likely N-dealkylation sites (N-methyl/N-ethyl adjacent to an activating group) is 1. The SMILES string of the molecule is CCC1=NC(O)c2nc(CNc3ccc(C(=O)NC(CCC(=O)Nc4c5c(c(OC)c6c4OCO6)C(C4OC(=O)c6c4ccc(C)c6CC)N(C)CC5)C(=O)O)cc3)cnc2N1. The van der Waals surface area contributed by atoms with E-state index in [9.17, 15) is 29.4 Å². The Morgan fingerprint density at radius 3 is 2.58 bits per heavy atom. The maximum absolute atomic E-state index is 13.7. The molecule has 0 saturated carbocycles. The van der Waals surface area contributed by atoms with Gasteiger partial charge in [0.1, 0.15) is 23.7 Å². The lowest BCUT2D eigenvalue weighted by molar-refractivity contribution is -0.139. The van der Waals surface area contributed by atoms with Crippen LogP contribution in [-0.4, -0.2) is 88.2 Å². The Kier molecular flexibility index (Phi) is 11.7. The number of aliphatic hydroxyl groups excluding tert-OH is 1. The van der Waals surface area contributed by atoms with Crippen LogP contribution in [0, 0.1) is 6.92 Å². The molecule has 0 aliphatic carbocycles. The Morgan fingerprint density at radius 1 is 1.08 bits per heavy atom. The highest BCUT2D eigenvalue weighted by Crippen LogP contribution is 2.58. The van der Waals surface area contributed by atoms with Gasteiger partial charge in [0.15, 0.2) is 23.5 Å². The standard InChI is InChI=1S/C44H48N8O10/c1-6-25-21(3)8-13-27-31(25)44(58)62-36(27)35-32-26(16-17-52(35)4)33(38-39(37(32)59-5)61-20-60-38)51-30(53)15-14-28(43(56)57)48-41(54)22-9-11-23(12-10-22)45-18-24-19-46-40-34(47-24)42(55)50-29(7-2)49-40/h8-13,19,28,35-36,42,45,55H,6-7,14-18,20H2,1-5H3,(H,48,54)(H,51,53)(H,56,57)(H,46,49,50). The number of nitrogens with one attached hydrogen (secondary N) is 4. The lowest BCUT2D eigenvalue weighted by Crippen LogP contribution is -2.41. The fraction of sp³-hybridized carbons (Fsp3) is 0.386. The molecule has 0 fully saturated rings. The van der Waals surface area contributed by atoms with Crippen LogP contribution < -0.4 is 35.5 Å². The molecule has 4 aliphatic heterocycles. The average molecular weight is 849 g/mol. The lowest BCUT2D eigenvalue weighted by atomic mass is 9.83. The number of benzene rings is 3. The van der Waals surface area contributed by atoms with Gasteiger partial charge in [-0.3, -0.25) is 14.5 Å². The van der Waals surface area contributed by atoms with Gasteiger partial charge < -0.3 is 50.4 Å². The minimum Gasteiger partial charge on any atom is -0.492 e. The van der Waals surface area contributed by atoms with Crippen molar-refractivity contribution >= 4 is 46.8 Å². The van der Waals surface area contributed by atoms with Crippen LogP contribution in [0.3, 0.4) is 0 Å². The molecule has 6 N–H and O–H groups in total. The number of ether oxygens (including phenoxy) is 4. The number of amidine groups is 1. The third kappa shape index (κ3) is 7.82. The number of aromatic nitrogens is 2. The maximum atomic E-state index is 13.7. The molecule has 4 aromatic rings. The molecule has 0 radical (unpaired) electrons. The van der Waals surface area contributed by atoms with Gasteiger partial charge in [-0.05, 0) is 74.2 Å². The molecule has 18 heteroatoms. The van der Waals surface area contributed by atoms with Crippen LogP contribution in [0.2, 0.25) is 0 Å². The monoisotopic (exact) mass is 848 g/mol. The molecule has 62 heavy (non-hydrogen) atoms. The van der Waals surface area contributed by atoms with Gasteiger partial charge in [0.05, 0.1) is 42.8 Å². The smallest absolute Gasteiger partial charge is 0.339 e. The van der Waals surface area contributed by atoms with E-state index in [0.29, 0.717) is 82.8 Å². The van der Waals surface area contributed by atoms with E-state index in [1.807, 2.05) is 40.0 Å². The highest BCUT2D eigenvalue weighted by atomic mass is 16.7. The molecule has 2 amide bonds. The predicted molar refractivity (Wildman–Crippen MR) is 226 cm³/mol. The first kappa shape index (κ1) is 41.9. The second-order valence-corrected chi connectivity index (χ2v) is 15.5. The first-order valence-electron chi connectivity index (χ1n) is 20.5. The van der Waals surface area contributed by atoms with Gasteiger partial charge in [0, 0.05) is 41.8 Å². The number of hydrogen-bond donors (Lipinski definition) is 6. The number of fused-ring (bicyclic) bond motifs is 4. The van der Waals surface area contributed by atoms with Gasteiger partial charge in [-0.25, -0.2) is 24.5 Å². The summed E-state index contributed by atoms with van der Waals surface area (Å²) in [5, 5.41) is 32.2. The molecule has 4 atom stereocenters. The summed E-state index contributed by atoms with van der Waals surface area (Å²) < 4.78 is 23.9. The average Bonchev–Trinajstić information content (AvgIpc) is 3.89. The zero-order valence-corrected chi connectivity index (χ0v) is 35.0. The summed E-state index contributed by atoms with van der Waals surface area (Å²) in [6, 6.07) is 8.48. The number of carbonyl (C=O) groups excluding carboxylic acids is 3. The largest absolute Gasteiger partial charge is 0.492 e. The molecule has 4 aliphatic rings. The number of aliphatic carboxylic acids is 1. The molecule has 5 heterocycles. The number of rotatable bonds is 14. The summed E-state index contributed by atoms with van der Waals surface area (Å²) in [5.74, 6) is -0.740. The number of carboxylic acids is 1. The number of carboxylic acid groups (broad SMARTS) is 1. The molecule has 3 aromatic carbocycles. The van der Waals surface area contributed by atoms with Crippen molar-refractivity contribution in [3.63, 3.8) is 0 Å². The fourth-order valence-corrected chi connectivity index (χ4v) is 8.55. The number of nitrogens with zero attached hydrogens (tertiary/aromatic N) is 4. The quantitative estimate of drug-likeness (QED) is 0.0920. The van der Waals surface area contributed by atoms with E-state index in [4.69, 9.17) is 18.9 Å². The van der Waals surface area contributed by atoms with Gasteiger partial charge >= 0.3 is 11.9 Å². The van der Waals surface area contributed by atoms with E-state index in [1.165, 1.54) is 7.11 Å². The molecule has 0 saturated heterocycles. The highest BCUT2D eigenvalue weighted by Gasteiger charge is 2.47. The van der Waals surface area contributed by atoms with Gasteiger partial charge in [-0.15, -0.1) is 0 Å². The summed E-state index contributed by atoms with van der Waals surface area (Å²) >= 11 is 0. The highest BCUT2D eigenvalue weighted by molar-refractivity contribution is 5.99. The van der Waals surface area contributed by atoms with Crippen molar-refractivity contribution < 1.29 is 48.3 Å². The van der Waals surface area contributed by atoms with Crippen molar-refractivity contribution in [2.45, 2.75) is 83.8 Å². The maximum Gasteiger partial charge on any atom is 0.339 e. The number of aryl methyl sites for hydroxylation is 1. The molecule has 8 rings (SSSR count). The molecular formula is C44H48N8O10. The van der Waals surface area contributed by atoms with Crippen LogP contribution >= 0.6 is 0 Å². The van der Waals surface area contributed by atoms with Gasteiger partial charge in [0.2, 0.25) is 18.4 Å². The fourth-order valence-electron chi connectivity index (χ4n) is 8.55. The number of hydrogen-bond acceptors (Lipinski definition) is 15. The van der Waals surface area contributed by atoms with E-state index in [2.05, 4.69) is 41.1 Å². The van der Waals surface area contributed by atoms with Crippen LogP contribution in [0.25, 0.3) is 0 Å². The summed E-state index contributed by atoms with van der Waals surface area (Å²) in [4.78, 5) is 67.8. The number of carbonyl (C=O) groups is 4. The van der Waals surface area contributed by atoms with Crippen LogP contribution in [-0.2, 0) is 33.7 Å². The molecule has 0 spiro atoms. The Labute approximate surface area is 357 Å². The number of anilines is 3. The first-order valence-corrected chi connectivity index (χ1v) is 20.5. The Balaban J connectivity index is 0.942. The van der Waals surface area contributed by atoms with E-state index >= 15 is 0 Å². The van der Waals surface area contributed by atoms with Crippen molar-refractivity contribution in [3.8, 4) is 17.2 Å². The van der Waals surface area contributed by atoms with E-state index in [0.717, 1.165) is 22.3 Å². The predicted octanol–water partition coefficient (Wildman–Crippen LogP) is 4.96. The Hall–Kier alpha value is -6.79. The topological polar surface area (TPSA) is 235 Å². The third-order valence-electron chi connectivity index (χ3n) is 11.7. The lowest BCUT2D eigenvalue weighted by Gasteiger charge is -2.39. The Morgan fingerprint density at radius 2 is 1.85 bits per heavy atom. The number of aliphatic imine (C=N–C) groups is 1. The number of esters is 1. The summed E-state index contributed by atoms with van der Waals surface area (Å²) in [6.45, 7) is 6.60. The number of methoxy groups -OCH3 is 1. The zero-order chi connectivity index (χ0) is 43.8. The molecule has 1 aromatic heterocycles. The van der Waals surface area contributed by atoms with Crippen LogP contribution in [0.5, 0.6) is 17.2 Å². The first-order chi connectivity index (χ1) is 29.9. The van der Waals surface area contributed by atoms with E-state index in [1.54, 1.807) is 30.5 Å². The molecule has 18 nitrogen and oxygen atoms in total. The minimum absolute atomic E-state index is 0.121. The minimum atomic E-state index is -1.38. The second kappa shape index (κ2) is 17.3. The van der Waals surface area contributed by atoms with Crippen molar-refractivity contribution in [1.82, 2.24) is 20.2 Å². The summed E-state index contributed by atoms with van der Waals surface area (Å²) in [6.07, 6.45) is 1.10. The Bertz CT molecular complexity index is 2490. The van der Waals surface area contributed by atoms with Gasteiger partial charge in [-0.2, -0.15) is 0 Å². The van der Waals surface area contributed by atoms with Crippen molar-refractivity contribution in [2.24, 2.45) is 4.99 Å². The molecule has 4 unspecified atom stereocenters. The third-order valence-corrected chi connectivity index (χ3v) is 11.7. The number of cyclic esters (lactones) is 1. The number of amides is 2. The van der Waals surface area contributed by atoms with Crippen LogP contribution in [0.4, 0.5) is 17.2 Å². The molecular weight excluding hydrogens is 801 g/mol. The van der Waals surface area contributed by atoms with Crippen molar-refractivity contribution in [2.75, 3.05) is 43.4 Å². The second-order valence-electron chi connectivity index (χ2n) is 15.5. The van der Waals surface area contributed by atoms with Gasteiger partial charge in [0.25, 0.3) is 5.91 Å². The van der Waals surface area contributed by atoms with Crippen LogP contribution in [0.1, 0.15) is 111 Å². The summed E-state index contributed by atoms with van der Waals surface area (Å²) in [7, 11) is 3.47. The van der Waals surface area contributed by atoms with E-state index in [-0.39, 0.29) is 43.5 Å².